The predicted molar refractivity (Wildman–Crippen MR) is 99.0 cm³/mol. The maximum atomic E-state index is 10.8. The molecule has 25 heavy (non-hydrogen) atoms. The highest BCUT2D eigenvalue weighted by Crippen LogP contribution is 2.25. The van der Waals surface area contributed by atoms with Crippen molar-refractivity contribution in [3.05, 3.63) is 102 Å². The minimum atomic E-state index is -0.835. The first-order valence-corrected chi connectivity index (χ1v) is 8.10. The molecule has 3 aromatic carbocycles. The number of rotatable bonds is 2. The standard InChI is InChI=1S/C22H16N2O/c25-21(18-11-5-2-6-12-18)22-23-19-13-7-8-14-20(19)24(22)16-15-17-9-3-1-4-10-17/h1-14,21,25H. The molecule has 0 aliphatic heterocycles. The van der Waals surface area contributed by atoms with Crippen molar-refractivity contribution in [3.63, 3.8) is 0 Å². The summed E-state index contributed by atoms with van der Waals surface area (Å²) in [7, 11) is 0. The normalized spacial score (nSPS) is 11.7. The third kappa shape index (κ3) is 3.03. The van der Waals surface area contributed by atoms with E-state index in [2.05, 4.69) is 16.9 Å². The van der Waals surface area contributed by atoms with E-state index >= 15 is 0 Å². The number of hydrogen-bond acceptors (Lipinski definition) is 2. The molecule has 0 amide bonds. The van der Waals surface area contributed by atoms with Gasteiger partial charge in [-0.25, -0.2) is 4.98 Å². The summed E-state index contributed by atoms with van der Waals surface area (Å²) in [5, 5.41) is 10.8. The lowest BCUT2D eigenvalue weighted by molar-refractivity contribution is 0.209. The molecule has 120 valence electrons. The molecule has 1 aromatic heterocycles. The minimum absolute atomic E-state index is 0.524. The molecule has 3 heteroatoms. The summed E-state index contributed by atoms with van der Waals surface area (Å²) >= 11 is 0. The van der Waals surface area contributed by atoms with Crippen LogP contribution in [0.25, 0.3) is 11.0 Å². The van der Waals surface area contributed by atoms with Gasteiger partial charge in [0.15, 0.2) is 5.82 Å². The van der Waals surface area contributed by atoms with Gasteiger partial charge in [-0.05, 0) is 35.7 Å². The largest absolute Gasteiger partial charge is 0.380 e. The lowest BCUT2D eigenvalue weighted by Crippen LogP contribution is -2.07. The second-order valence-corrected chi connectivity index (χ2v) is 5.71. The lowest BCUT2D eigenvalue weighted by atomic mass is 10.1. The summed E-state index contributed by atoms with van der Waals surface area (Å²) in [5.74, 6) is 3.67. The Labute approximate surface area is 146 Å². The van der Waals surface area contributed by atoms with E-state index in [1.165, 1.54) is 0 Å². The van der Waals surface area contributed by atoms with Gasteiger partial charge < -0.3 is 5.11 Å². The molecule has 0 radical (unpaired) electrons. The van der Waals surface area contributed by atoms with E-state index in [0.717, 1.165) is 22.2 Å². The molecule has 4 aromatic rings. The number of fused-ring (bicyclic) bond motifs is 1. The molecule has 4 rings (SSSR count). The number of hydrogen-bond donors (Lipinski definition) is 1. The summed E-state index contributed by atoms with van der Waals surface area (Å²) in [6, 6.07) is 30.2. The number of imidazole rings is 1. The number of aliphatic hydroxyl groups is 1. The summed E-state index contributed by atoms with van der Waals surface area (Å²) in [5.41, 5.74) is 3.41. The van der Waals surface area contributed by atoms with E-state index in [1.54, 1.807) is 4.57 Å². The Kier molecular flexibility index (Phi) is 4.04. The van der Waals surface area contributed by atoms with Crippen molar-refractivity contribution >= 4 is 11.0 Å². The van der Waals surface area contributed by atoms with Gasteiger partial charge in [-0.2, -0.15) is 0 Å². The van der Waals surface area contributed by atoms with Gasteiger partial charge in [-0.15, -0.1) is 0 Å². The second-order valence-electron chi connectivity index (χ2n) is 5.71. The Bertz CT molecular complexity index is 1060. The zero-order chi connectivity index (χ0) is 17.1. The third-order valence-electron chi connectivity index (χ3n) is 4.03. The molecule has 0 spiro atoms. The van der Waals surface area contributed by atoms with Gasteiger partial charge >= 0.3 is 0 Å². The second kappa shape index (κ2) is 6.64. The Morgan fingerprint density at radius 2 is 1.44 bits per heavy atom. The number of aromatic nitrogens is 2. The van der Waals surface area contributed by atoms with Crippen LogP contribution in [-0.2, 0) is 0 Å². The lowest BCUT2D eigenvalue weighted by Gasteiger charge is -2.10. The monoisotopic (exact) mass is 324 g/mol. The van der Waals surface area contributed by atoms with Crippen molar-refractivity contribution in [2.24, 2.45) is 0 Å². The van der Waals surface area contributed by atoms with Crippen molar-refractivity contribution in [1.29, 1.82) is 0 Å². The van der Waals surface area contributed by atoms with Crippen LogP contribution in [-0.4, -0.2) is 14.7 Å². The molecule has 1 atom stereocenters. The van der Waals surface area contributed by atoms with E-state index in [0.29, 0.717) is 5.82 Å². The van der Waals surface area contributed by atoms with Crippen molar-refractivity contribution in [3.8, 4) is 12.0 Å². The predicted octanol–water partition coefficient (Wildman–Crippen LogP) is 3.98. The van der Waals surface area contributed by atoms with Crippen LogP contribution < -0.4 is 0 Å². The van der Waals surface area contributed by atoms with Crippen LogP contribution >= 0.6 is 0 Å². The molecule has 0 saturated carbocycles. The first-order valence-electron chi connectivity index (χ1n) is 8.10. The van der Waals surface area contributed by atoms with Crippen LogP contribution in [0.1, 0.15) is 23.1 Å². The fourth-order valence-electron chi connectivity index (χ4n) is 2.77. The van der Waals surface area contributed by atoms with Crippen molar-refractivity contribution in [2.75, 3.05) is 0 Å². The van der Waals surface area contributed by atoms with E-state index < -0.39 is 6.10 Å². The van der Waals surface area contributed by atoms with Gasteiger partial charge in [0.2, 0.25) is 0 Å². The Morgan fingerprint density at radius 3 is 2.20 bits per heavy atom. The van der Waals surface area contributed by atoms with Gasteiger partial charge in [0.05, 0.1) is 11.0 Å². The zero-order valence-corrected chi connectivity index (χ0v) is 13.5. The van der Waals surface area contributed by atoms with Crippen LogP contribution in [0, 0.1) is 12.0 Å². The fourth-order valence-corrected chi connectivity index (χ4v) is 2.77. The van der Waals surface area contributed by atoms with Crippen LogP contribution in [0.4, 0.5) is 0 Å². The molecular weight excluding hydrogens is 308 g/mol. The highest BCUT2D eigenvalue weighted by molar-refractivity contribution is 5.77. The molecule has 1 N–H and O–H groups in total. The molecule has 0 aliphatic rings. The molecule has 1 unspecified atom stereocenters. The van der Waals surface area contributed by atoms with Crippen molar-refractivity contribution in [1.82, 2.24) is 9.55 Å². The summed E-state index contributed by atoms with van der Waals surface area (Å²) < 4.78 is 1.78. The van der Waals surface area contributed by atoms with Gasteiger partial charge in [0, 0.05) is 11.6 Å². The maximum Gasteiger partial charge on any atom is 0.155 e. The quantitative estimate of drug-likeness (QED) is 0.567. The van der Waals surface area contributed by atoms with E-state index in [4.69, 9.17) is 0 Å². The van der Waals surface area contributed by atoms with E-state index in [-0.39, 0.29) is 0 Å². The Balaban J connectivity index is 1.86. The molecular formula is C22H16N2O. The number of aliphatic hydroxyl groups excluding tert-OH is 1. The Hall–Kier alpha value is -3.35. The fraction of sp³-hybridized carbons (Fsp3) is 0.0455. The van der Waals surface area contributed by atoms with Crippen LogP contribution in [0.2, 0.25) is 0 Å². The first-order chi connectivity index (χ1) is 12.3. The van der Waals surface area contributed by atoms with E-state index in [1.807, 2.05) is 84.9 Å². The average molecular weight is 324 g/mol. The molecule has 3 nitrogen and oxygen atoms in total. The van der Waals surface area contributed by atoms with Gasteiger partial charge in [-0.1, -0.05) is 60.7 Å². The molecule has 0 aliphatic carbocycles. The van der Waals surface area contributed by atoms with Crippen LogP contribution in [0.15, 0.2) is 84.9 Å². The summed E-state index contributed by atoms with van der Waals surface area (Å²) in [4.78, 5) is 4.61. The van der Waals surface area contributed by atoms with Crippen molar-refractivity contribution < 1.29 is 5.11 Å². The molecule has 1 heterocycles. The molecule has 0 fully saturated rings. The summed E-state index contributed by atoms with van der Waals surface area (Å²) in [6.07, 6.45) is -0.835. The first kappa shape index (κ1) is 15.2. The maximum absolute atomic E-state index is 10.8. The van der Waals surface area contributed by atoms with Crippen molar-refractivity contribution in [2.45, 2.75) is 6.10 Å². The van der Waals surface area contributed by atoms with E-state index in [9.17, 15) is 5.11 Å². The van der Waals surface area contributed by atoms with Crippen LogP contribution in [0.3, 0.4) is 0 Å². The highest BCUT2D eigenvalue weighted by Gasteiger charge is 2.18. The van der Waals surface area contributed by atoms with Gasteiger partial charge in [-0.3, -0.25) is 4.57 Å². The topological polar surface area (TPSA) is 38.1 Å². The average Bonchev–Trinajstić information content (AvgIpc) is 3.06. The summed E-state index contributed by atoms with van der Waals surface area (Å²) in [6.45, 7) is 0. The Morgan fingerprint density at radius 1 is 0.800 bits per heavy atom. The smallest absolute Gasteiger partial charge is 0.155 e. The number of nitrogens with zero attached hydrogens (tertiary/aromatic N) is 2. The number of benzene rings is 3. The minimum Gasteiger partial charge on any atom is -0.380 e. The van der Waals surface area contributed by atoms with Crippen LogP contribution in [0.5, 0.6) is 0 Å². The zero-order valence-electron chi connectivity index (χ0n) is 13.5. The molecule has 0 bridgehead atoms. The van der Waals surface area contributed by atoms with Gasteiger partial charge in [0.25, 0.3) is 0 Å². The highest BCUT2D eigenvalue weighted by atomic mass is 16.3. The third-order valence-corrected chi connectivity index (χ3v) is 4.03. The van der Waals surface area contributed by atoms with Gasteiger partial charge in [0.1, 0.15) is 6.10 Å². The molecule has 0 saturated heterocycles. The SMILES string of the molecule is OC(c1ccccc1)c1nc2ccccc2n1C#Cc1ccccc1. The number of para-hydroxylation sites is 2.